The van der Waals surface area contributed by atoms with Crippen LogP contribution in [-0.2, 0) is 4.79 Å². The largest absolute Gasteiger partial charge is 0.508 e. The van der Waals surface area contributed by atoms with E-state index in [0.29, 0.717) is 5.02 Å². The summed E-state index contributed by atoms with van der Waals surface area (Å²) in [6, 6.07) is 18.1. The number of benzene rings is 2. The Morgan fingerprint density at radius 1 is 1.15 bits per heavy atom. The molecule has 1 amide bonds. The number of halogens is 1. The molecule has 2 heterocycles. The van der Waals surface area contributed by atoms with Crippen molar-refractivity contribution in [3.8, 4) is 16.9 Å². The zero-order valence-electron chi connectivity index (χ0n) is 19.0. The number of carbonyl (C=O) groups excluding carboxylic acids is 1. The van der Waals surface area contributed by atoms with Crippen molar-refractivity contribution in [3.63, 3.8) is 0 Å². The van der Waals surface area contributed by atoms with E-state index < -0.39 is 0 Å². The maximum atomic E-state index is 13.2. The Balaban J connectivity index is 1.62. The first-order valence-electron chi connectivity index (χ1n) is 11.7. The fraction of sp³-hybridized carbons (Fsp3) is 0.357. The van der Waals surface area contributed by atoms with Crippen LogP contribution in [0.2, 0.25) is 5.02 Å². The van der Waals surface area contributed by atoms with Crippen LogP contribution in [0.3, 0.4) is 0 Å². The van der Waals surface area contributed by atoms with Gasteiger partial charge in [0.1, 0.15) is 5.75 Å². The van der Waals surface area contributed by atoms with Crippen molar-refractivity contribution in [3.05, 3.63) is 83.1 Å². The molecule has 3 aromatic rings. The molecule has 2 N–H and O–H groups in total. The molecule has 5 rings (SSSR count). The summed E-state index contributed by atoms with van der Waals surface area (Å²) >= 11 is 6.65. The van der Waals surface area contributed by atoms with Crippen LogP contribution in [0, 0.1) is 11.3 Å². The first-order valence-corrected chi connectivity index (χ1v) is 12.1. The number of fused-ring (bicyclic) bond motifs is 1. The molecule has 2 aromatic carbocycles. The van der Waals surface area contributed by atoms with Crippen LogP contribution in [0.15, 0.2) is 67.0 Å². The Labute approximate surface area is 200 Å². The van der Waals surface area contributed by atoms with E-state index in [1.54, 1.807) is 18.3 Å². The fourth-order valence-corrected chi connectivity index (χ4v) is 6.77. The van der Waals surface area contributed by atoms with Crippen LogP contribution in [0.25, 0.3) is 11.1 Å². The van der Waals surface area contributed by atoms with Crippen LogP contribution in [-0.4, -0.2) is 22.0 Å². The molecule has 1 aromatic heterocycles. The highest BCUT2D eigenvalue weighted by molar-refractivity contribution is 6.31. The molecule has 2 fully saturated rings. The van der Waals surface area contributed by atoms with E-state index in [1.165, 1.54) is 5.56 Å². The van der Waals surface area contributed by atoms with Gasteiger partial charge >= 0.3 is 0 Å². The fourth-order valence-electron chi connectivity index (χ4n) is 6.46. The van der Waals surface area contributed by atoms with Gasteiger partial charge in [-0.1, -0.05) is 54.9 Å². The summed E-state index contributed by atoms with van der Waals surface area (Å²) in [7, 11) is 0. The predicted molar refractivity (Wildman–Crippen MR) is 131 cm³/mol. The van der Waals surface area contributed by atoms with Gasteiger partial charge in [-0.2, -0.15) is 0 Å². The molecule has 0 bridgehead atoms. The van der Waals surface area contributed by atoms with E-state index in [2.05, 4.69) is 54.5 Å². The normalized spacial score (nSPS) is 28.9. The second-order valence-corrected chi connectivity index (χ2v) is 9.95. The highest BCUT2D eigenvalue weighted by Gasteiger charge is 2.59. The SMILES string of the molecule is CC[C@@]12CC[C@@H](c3ccc(O)cc3Cl)[C@H](c3ccc(-c4cccnc4)cc3)[C@@H]1[C@@H](C)NC2=O. The zero-order chi connectivity index (χ0) is 23.2. The molecule has 1 saturated carbocycles. The van der Waals surface area contributed by atoms with Gasteiger partial charge < -0.3 is 10.4 Å². The summed E-state index contributed by atoms with van der Waals surface area (Å²) in [6.07, 6.45) is 6.20. The van der Waals surface area contributed by atoms with Gasteiger partial charge in [0.2, 0.25) is 5.91 Å². The number of aromatic hydroxyl groups is 1. The van der Waals surface area contributed by atoms with Gasteiger partial charge in [0.15, 0.2) is 0 Å². The lowest BCUT2D eigenvalue weighted by molar-refractivity contribution is -0.131. The Morgan fingerprint density at radius 2 is 1.94 bits per heavy atom. The third-order valence-electron chi connectivity index (χ3n) is 8.01. The lowest BCUT2D eigenvalue weighted by Crippen LogP contribution is -2.43. The maximum Gasteiger partial charge on any atom is 0.226 e. The summed E-state index contributed by atoms with van der Waals surface area (Å²) in [5.41, 5.74) is 4.12. The summed E-state index contributed by atoms with van der Waals surface area (Å²) in [5.74, 6) is 0.836. The lowest BCUT2D eigenvalue weighted by Gasteiger charge is -2.47. The Kier molecular flexibility index (Phi) is 5.65. The van der Waals surface area contributed by atoms with Crippen molar-refractivity contribution in [1.29, 1.82) is 0 Å². The Morgan fingerprint density at radius 3 is 2.61 bits per heavy atom. The number of phenolic OH excluding ortho intramolecular Hbond substituents is 1. The van der Waals surface area contributed by atoms with Gasteiger partial charge in [-0.15, -0.1) is 0 Å². The molecule has 0 unspecified atom stereocenters. The van der Waals surface area contributed by atoms with Crippen molar-refractivity contribution in [2.24, 2.45) is 11.3 Å². The van der Waals surface area contributed by atoms with Crippen LogP contribution >= 0.6 is 11.6 Å². The number of phenols is 1. The number of pyridine rings is 1. The minimum atomic E-state index is -0.355. The molecule has 2 aliphatic rings. The van der Waals surface area contributed by atoms with Crippen LogP contribution < -0.4 is 5.32 Å². The number of amides is 1. The Hall–Kier alpha value is -2.85. The third-order valence-corrected chi connectivity index (χ3v) is 8.34. The second kappa shape index (κ2) is 8.49. The van der Waals surface area contributed by atoms with Crippen molar-refractivity contribution in [2.75, 3.05) is 0 Å². The van der Waals surface area contributed by atoms with Crippen LogP contribution in [0.5, 0.6) is 5.75 Å². The maximum absolute atomic E-state index is 13.2. The van der Waals surface area contributed by atoms with Crippen molar-refractivity contribution in [1.82, 2.24) is 10.3 Å². The standard InChI is InChI=1S/C28H29ClN2O2/c1-3-28-13-12-23(22-11-10-21(32)15-24(22)29)25(26(28)17(2)31-27(28)33)19-8-6-18(7-9-19)20-5-4-14-30-16-20/h4-11,14-17,23,25-26,32H,3,12-13H2,1-2H3,(H,31,33)/t17-,23+,25+,26+,28-/m1/s1. The molecule has 4 nitrogen and oxygen atoms in total. The topological polar surface area (TPSA) is 62.2 Å². The van der Waals surface area contributed by atoms with E-state index in [9.17, 15) is 9.90 Å². The first kappa shape index (κ1) is 22.0. The quantitative estimate of drug-likeness (QED) is 0.480. The molecule has 0 radical (unpaired) electrons. The van der Waals surface area contributed by atoms with Crippen molar-refractivity contribution < 1.29 is 9.90 Å². The van der Waals surface area contributed by atoms with Crippen LogP contribution in [0.4, 0.5) is 0 Å². The number of aromatic nitrogens is 1. The summed E-state index contributed by atoms with van der Waals surface area (Å²) in [4.78, 5) is 17.4. The molecule has 0 spiro atoms. The second-order valence-electron chi connectivity index (χ2n) is 9.54. The average Bonchev–Trinajstić information content (AvgIpc) is 3.09. The van der Waals surface area contributed by atoms with Crippen LogP contribution in [0.1, 0.15) is 56.1 Å². The summed E-state index contributed by atoms with van der Waals surface area (Å²) in [5, 5.41) is 13.8. The molecular formula is C28H29ClN2O2. The monoisotopic (exact) mass is 460 g/mol. The van der Waals surface area contributed by atoms with Gasteiger partial charge in [0.05, 0.1) is 5.41 Å². The molecule has 5 heteroatoms. The molecule has 33 heavy (non-hydrogen) atoms. The Bertz CT molecular complexity index is 1160. The van der Waals surface area contributed by atoms with E-state index in [-0.39, 0.29) is 40.9 Å². The van der Waals surface area contributed by atoms with Crippen molar-refractivity contribution >= 4 is 17.5 Å². The van der Waals surface area contributed by atoms with E-state index in [0.717, 1.165) is 36.0 Å². The number of hydrogen-bond donors (Lipinski definition) is 2. The van der Waals surface area contributed by atoms with E-state index in [4.69, 9.17) is 11.6 Å². The predicted octanol–water partition coefficient (Wildman–Crippen LogP) is 6.30. The molecule has 170 valence electrons. The van der Waals surface area contributed by atoms with Crippen molar-refractivity contribution in [2.45, 2.75) is 51.0 Å². The highest BCUT2D eigenvalue weighted by atomic mass is 35.5. The molecule has 1 aliphatic heterocycles. The zero-order valence-corrected chi connectivity index (χ0v) is 19.7. The molecule has 1 saturated heterocycles. The van der Waals surface area contributed by atoms with Gasteiger partial charge in [-0.05, 0) is 78.5 Å². The number of nitrogens with zero attached hydrogens (tertiary/aromatic N) is 1. The highest BCUT2D eigenvalue weighted by Crippen LogP contribution is 2.60. The van der Waals surface area contributed by atoms with Gasteiger partial charge in [-0.25, -0.2) is 0 Å². The minimum Gasteiger partial charge on any atom is -0.508 e. The van der Waals surface area contributed by atoms with E-state index in [1.807, 2.05) is 18.3 Å². The third kappa shape index (κ3) is 3.61. The average molecular weight is 461 g/mol. The van der Waals surface area contributed by atoms with Gasteiger partial charge in [0.25, 0.3) is 0 Å². The smallest absolute Gasteiger partial charge is 0.226 e. The first-order chi connectivity index (χ1) is 15.9. The van der Waals surface area contributed by atoms with Gasteiger partial charge in [0, 0.05) is 29.4 Å². The summed E-state index contributed by atoms with van der Waals surface area (Å²) < 4.78 is 0. The number of nitrogens with one attached hydrogen (secondary N) is 1. The summed E-state index contributed by atoms with van der Waals surface area (Å²) in [6.45, 7) is 4.28. The molecular weight excluding hydrogens is 432 g/mol. The van der Waals surface area contributed by atoms with E-state index >= 15 is 0 Å². The molecule has 1 aliphatic carbocycles. The van der Waals surface area contributed by atoms with Gasteiger partial charge in [-0.3, -0.25) is 9.78 Å². The minimum absolute atomic E-state index is 0.0825. The molecule has 5 atom stereocenters. The number of hydrogen-bond acceptors (Lipinski definition) is 3. The lowest BCUT2D eigenvalue weighted by atomic mass is 9.54. The number of carbonyl (C=O) groups is 1. The number of rotatable bonds is 4.